The van der Waals surface area contributed by atoms with Crippen molar-refractivity contribution in [3.05, 3.63) is 29.3 Å². The van der Waals surface area contributed by atoms with Crippen LogP contribution in [-0.4, -0.2) is 25.5 Å². The molecule has 1 aromatic rings. The van der Waals surface area contributed by atoms with Crippen molar-refractivity contribution in [3.8, 4) is 5.75 Å². The second kappa shape index (κ2) is 6.40. The van der Waals surface area contributed by atoms with Gasteiger partial charge in [0.15, 0.2) is 0 Å². The van der Waals surface area contributed by atoms with E-state index in [1.54, 1.807) is 0 Å². The molecule has 1 saturated heterocycles. The summed E-state index contributed by atoms with van der Waals surface area (Å²) in [6.07, 6.45) is 6.30. The van der Waals surface area contributed by atoms with E-state index in [2.05, 4.69) is 17.4 Å². The summed E-state index contributed by atoms with van der Waals surface area (Å²) in [5, 5.41) is 3.29. The first-order valence-electron chi connectivity index (χ1n) is 7.81. The van der Waals surface area contributed by atoms with Crippen LogP contribution in [0.5, 0.6) is 5.75 Å². The van der Waals surface area contributed by atoms with Crippen molar-refractivity contribution in [3.63, 3.8) is 0 Å². The number of Topliss-reactive ketones (excluding diaryl/α,β-unsaturated/α-hetero) is 1. The summed E-state index contributed by atoms with van der Waals surface area (Å²) in [5.74, 6) is 1.46. The van der Waals surface area contributed by atoms with Gasteiger partial charge in [-0.3, -0.25) is 4.79 Å². The molecule has 108 valence electrons. The molecule has 3 rings (SSSR count). The predicted molar refractivity (Wildman–Crippen MR) is 79.2 cm³/mol. The Morgan fingerprint density at radius 3 is 3.00 bits per heavy atom. The van der Waals surface area contributed by atoms with Crippen LogP contribution in [0, 0.1) is 5.92 Å². The van der Waals surface area contributed by atoms with Gasteiger partial charge in [-0.2, -0.15) is 0 Å². The maximum atomic E-state index is 12.1. The quantitative estimate of drug-likeness (QED) is 0.896. The van der Waals surface area contributed by atoms with Crippen LogP contribution < -0.4 is 10.1 Å². The van der Waals surface area contributed by atoms with Crippen molar-refractivity contribution in [2.75, 3.05) is 19.7 Å². The van der Waals surface area contributed by atoms with Gasteiger partial charge in [-0.25, -0.2) is 0 Å². The molecule has 1 N–H and O–H groups in total. The highest BCUT2D eigenvalue weighted by Crippen LogP contribution is 2.26. The molecule has 0 aromatic heterocycles. The number of aryl methyl sites for hydroxylation is 2. The van der Waals surface area contributed by atoms with Crippen LogP contribution in [0.3, 0.4) is 0 Å². The second-order valence-electron chi connectivity index (χ2n) is 5.89. The summed E-state index contributed by atoms with van der Waals surface area (Å²) in [6, 6.07) is 6.36. The van der Waals surface area contributed by atoms with E-state index in [1.165, 1.54) is 30.4 Å². The monoisotopic (exact) mass is 273 g/mol. The van der Waals surface area contributed by atoms with Crippen LogP contribution in [-0.2, 0) is 17.6 Å². The summed E-state index contributed by atoms with van der Waals surface area (Å²) >= 11 is 0. The van der Waals surface area contributed by atoms with E-state index in [0.29, 0.717) is 18.8 Å². The zero-order chi connectivity index (χ0) is 13.8. The first kappa shape index (κ1) is 13.6. The van der Waals surface area contributed by atoms with E-state index in [4.69, 9.17) is 4.74 Å². The molecule has 1 fully saturated rings. The number of rotatable bonds is 5. The van der Waals surface area contributed by atoms with Crippen LogP contribution in [0.4, 0.5) is 0 Å². The average molecular weight is 273 g/mol. The van der Waals surface area contributed by atoms with Crippen molar-refractivity contribution < 1.29 is 9.53 Å². The molecule has 2 aliphatic rings. The van der Waals surface area contributed by atoms with E-state index in [-0.39, 0.29) is 5.92 Å². The average Bonchev–Trinajstić information content (AvgIpc) is 2.95. The molecule has 1 unspecified atom stereocenters. The molecule has 1 aliphatic carbocycles. The van der Waals surface area contributed by atoms with Gasteiger partial charge in [-0.05, 0) is 61.9 Å². The minimum Gasteiger partial charge on any atom is -0.493 e. The molecule has 1 heterocycles. The lowest BCUT2D eigenvalue weighted by Gasteiger charge is -2.21. The number of nitrogens with one attached hydrogen (secondary N) is 1. The molecular weight excluding hydrogens is 250 g/mol. The second-order valence-corrected chi connectivity index (χ2v) is 5.89. The largest absolute Gasteiger partial charge is 0.493 e. The Kier molecular flexibility index (Phi) is 4.36. The fourth-order valence-electron chi connectivity index (χ4n) is 3.24. The number of hydrogen-bond donors (Lipinski definition) is 1. The third kappa shape index (κ3) is 3.21. The summed E-state index contributed by atoms with van der Waals surface area (Å²) < 4.78 is 5.75. The minimum atomic E-state index is 0.201. The van der Waals surface area contributed by atoms with Gasteiger partial charge in [0.05, 0.1) is 6.61 Å². The molecule has 3 nitrogen and oxygen atoms in total. The molecule has 1 aliphatic heterocycles. The molecule has 0 spiro atoms. The predicted octanol–water partition coefficient (Wildman–Crippen LogP) is 2.51. The lowest BCUT2D eigenvalue weighted by molar-refractivity contribution is -0.123. The van der Waals surface area contributed by atoms with Crippen molar-refractivity contribution >= 4 is 5.78 Å². The highest BCUT2D eigenvalue weighted by atomic mass is 16.5. The van der Waals surface area contributed by atoms with Crippen molar-refractivity contribution in [2.24, 2.45) is 5.92 Å². The molecule has 0 amide bonds. The summed E-state index contributed by atoms with van der Waals surface area (Å²) in [4.78, 5) is 12.1. The molecular formula is C17H23NO2. The Bertz CT molecular complexity index is 478. The molecule has 1 atom stereocenters. The Morgan fingerprint density at radius 2 is 2.15 bits per heavy atom. The van der Waals surface area contributed by atoms with E-state index < -0.39 is 0 Å². The highest BCUT2D eigenvalue weighted by Gasteiger charge is 2.20. The van der Waals surface area contributed by atoms with Crippen LogP contribution in [0.15, 0.2) is 18.2 Å². The first-order valence-corrected chi connectivity index (χ1v) is 7.81. The van der Waals surface area contributed by atoms with Crippen LogP contribution in [0.25, 0.3) is 0 Å². The highest BCUT2D eigenvalue weighted by molar-refractivity contribution is 5.81. The lowest BCUT2D eigenvalue weighted by atomic mass is 9.94. The van der Waals surface area contributed by atoms with E-state index in [0.717, 1.165) is 31.7 Å². The van der Waals surface area contributed by atoms with Gasteiger partial charge in [-0.15, -0.1) is 0 Å². The number of carbonyl (C=O) groups excluding carboxylic acids is 1. The van der Waals surface area contributed by atoms with Gasteiger partial charge in [0.1, 0.15) is 11.5 Å². The number of benzene rings is 1. The van der Waals surface area contributed by atoms with Crippen LogP contribution in [0.2, 0.25) is 0 Å². The third-order valence-corrected chi connectivity index (χ3v) is 4.44. The van der Waals surface area contributed by atoms with Gasteiger partial charge in [0, 0.05) is 18.9 Å². The van der Waals surface area contributed by atoms with Crippen molar-refractivity contribution in [1.29, 1.82) is 0 Å². The summed E-state index contributed by atoms with van der Waals surface area (Å²) in [6.45, 7) is 2.40. The van der Waals surface area contributed by atoms with Gasteiger partial charge in [0.25, 0.3) is 0 Å². The standard InChI is InChI=1S/C17H23NO2/c19-17(15-5-2-9-18-12-15)8-10-20-16-7-6-13-3-1-4-14(13)11-16/h6-7,11,15,18H,1-5,8-10,12H2. The van der Waals surface area contributed by atoms with Crippen LogP contribution in [0.1, 0.15) is 36.8 Å². The van der Waals surface area contributed by atoms with Gasteiger partial charge < -0.3 is 10.1 Å². The van der Waals surface area contributed by atoms with Gasteiger partial charge >= 0.3 is 0 Å². The van der Waals surface area contributed by atoms with E-state index in [1.807, 2.05) is 6.07 Å². The Hall–Kier alpha value is -1.35. The molecule has 20 heavy (non-hydrogen) atoms. The summed E-state index contributed by atoms with van der Waals surface area (Å²) in [5.41, 5.74) is 2.88. The number of carbonyl (C=O) groups is 1. The molecule has 1 aromatic carbocycles. The zero-order valence-corrected chi connectivity index (χ0v) is 12.0. The SMILES string of the molecule is O=C(CCOc1ccc2c(c1)CCC2)C1CCCNC1. The molecule has 0 bridgehead atoms. The lowest BCUT2D eigenvalue weighted by Crippen LogP contribution is -2.34. The minimum absolute atomic E-state index is 0.201. The Labute approximate surface area is 120 Å². The number of ketones is 1. The number of hydrogen-bond acceptors (Lipinski definition) is 3. The van der Waals surface area contributed by atoms with Gasteiger partial charge in [0.2, 0.25) is 0 Å². The number of ether oxygens (including phenoxy) is 1. The maximum absolute atomic E-state index is 12.1. The number of fused-ring (bicyclic) bond motifs is 1. The zero-order valence-electron chi connectivity index (χ0n) is 12.0. The Morgan fingerprint density at radius 1 is 1.25 bits per heavy atom. The summed E-state index contributed by atoms with van der Waals surface area (Å²) in [7, 11) is 0. The first-order chi connectivity index (χ1) is 9.83. The fraction of sp³-hybridized carbons (Fsp3) is 0.588. The van der Waals surface area contributed by atoms with E-state index in [9.17, 15) is 4.79 Å². The van der Waals surface area contributed by atoms with Gasteiger partial charge in [-0.1, -0.05) is 6.07 Å². The van der Waals surface area contributed by atoms with E-state index >= 15 is 0 Å². The van der Waals surface area contributed by atoms with Crippen molar-refractivity contribution in [2.45, 2.75) is 38.5 Å². The number of piperidine rings is 1. The Balaban J connectivity index is 1.46. The maximum Gasteiger partial charge on any atom is 0.140 e. The van der Waals surface area contributed by atoms with Crippen LogP contribution >= 0.6 is 0 Å². The normalized spacial score (nSPS) is 21.5. The third-order valence-electron chi connectivity index (χ3n) is 4.44. The molecule has 0 radical (unpaired) electrons. The molecule has 3 heteroatoms. The molecule has 0 saturated carbocycles. The smallest absolute Gasteiger partial charge is 0.140 e. The van der Waals surface area contributed by atoms with Crippen molar-refractivity contribution in [1.82, 2.24) is 5.32 Å². The topological polar surface area (TPSA) is 38.3 Å². The fourth-order valence-corrected chi connectivity index (χ4v) is 3.24.